The van der Waals surface area contributed by atoms with Crippen LogP contribution < -0.4 is 24.8 Å². The van der Waals surface area contributed by atoms with Crippen LogP contribution in [0.4, 0.5) is 0 Å². The third-order valence-electron chi connectivity index (χ3n) is 1.74. The van der Waals surface area contributed by atoms with E-state index in [9.17, 15) is 0 Å². The molecule has 0 N–H and O–H groups in total. The molecule has 4 heteroatoms. The van der Waals surface area contributed by atoms with Crippen LogP contribution >= 0.6 is 0 Å². The standard InChI is InChI=1S/C8H13Si.2ClH.Ti/c1-9(2,3)8-6-4-5-7-8;;;/h6-7H,4H2,1-3H3;2*1H;/q;;;+2/p-2. The zero-order chi connectivity index (χ0) is 7.78. The van der Waals surface area contributed by atoms with Crippen LogP contribution in [-0.2, 0) is 20.4 Å². The van der Waals surface area contributed by atoms with E-state index in [1.54, 1.807) is 5.20 Å². The third kappa shape index (κ3) is 4.29. The van der Waals surface area contributed by atoms with E-state index < -0.39 is 8.07 Å². The Kier molecular flexibility index (Phi) is 7.30. The van der Waals surface area contributed by atoms with Crippen LogP contribution in [0.25, 0.3) is 0 Å². The van der Waals surface area contributed by atoms with Gasteiger partial charge in [0.1, 0.15) is 0 Å². The summed E-state index contributed by atoms with van der Waals surface area (Å²) in [6.45, 7) is 7.19. The van der Waals surface area contributed by atoms with Gasteiger partial charge >= 0.3 is 75.8 Å². The first kappa shape index (κ1) is 15.5. The Balaban J connectivity index is 0. The van der Waals surface area contributed by atoms with Crippen LogP contribution in [0.15, 0.2) is 21.2 Å². The van der Waals surface area contributed by atoms with Crippen LogP contribution in [0, 0.1) is 0 Å². The first-order valence-electron chi connectivity index (χ1n) is 3.63. The fourth-order valence-corrected chi connectivity index (χ4v) is 3.00. The Morgan fingerprint density at radius 2 is 1.75 bits per heavy atom. The first-order valence-corrected chi connectivity index (χ1v) is 7.91. The van der Waals surface area contributed by atoms with Crippen LogP contribution in [0.1, 0.15) is 6.42 Å². The molecule has 0 aliphatic heterocycles. The summed E-state index contributed by atoms with van der Waals surface area (Å²) in [4.78, 5) is 0. The van der Waals surface area contributed by atoms with E-state index in [2.05, 4.69) is 52.2 Å². The minimum Gasteiger partial charge on any atom is -1.00 e. The predicted octanol–water partition coefficient (Wildman–Crippen LogP) is -3.37. The van der Waals surface area contributed by atoms with Gasteiger partial charge in [0.15, 0.2) is 0 Å². The van der Waals surface area contributed by atoms with Gasteiger partial charge in [-0.3, -0.25) is 0 Å². The quantitative estimate of drug-likeness (QED) is 0.430. The minimum atomic E-state index is -0.981. The predicted molar refractivity (Wildman–Crippen MR) is 44.1 cm³/mol. The van der Waals surface area contributed by atoms with Crippen molar-refractivity contribution >= 4 is 8.07 Å². The number of hydrogen-bond donors (Lipinski definition) is 0. The van der Waals surface area contributed by atoms with Crippen LogP contribution in [-0.4, -0.2) is 8.07 Å². The summed E-state index contributed by atoms with van der Waals surface area (Å²) in [5.74, 6) is 0. The van der Waals surface area contributed by atoms with E-state index in [0.29, 0.717) is 0 Å². The fraction of sp³-hybridized carbons (Fsp3) is 0.500. The van der Waals surface area contributed by atoms with Gasteiger partial charge in [0.05, 0.1) is 0 Å². The fourth-order valence-electron chi connectivity index (χ4n) is 1.05. The molecule has 0 radical (unpaired) electrons. The van der Waals surface area contributed by atoms with Crippen molar-refractivity contribution in [3.8, 4) is 0 Å². The average molecular weight is 256 g/mol. The first-order chi connectivity index (χ1) is 4.50. The molecule has 0 bridgehead atoms. The summed E-state index contributed by atoms with van der Waals surface area (Å²) >= 11 is 2.21. The molecule has 0 spiro atoms. The average Bonchev–Trinajstić information content (AvgIpc) is 2.11. The molecular formula is C8H13Cl2SiTi. The Morgan fingerprint density at radius 3 is 1.92 bits per heavy atom. The molecule has 0 aromatic heterocycles. The van der Waals surface area contributed by atoms with Crippen molar-refractivity contribution in [2.24, 2.45) is 0 Å². The van der Waals surface area contributed by atoms with Gasteiger partial charge in [-0.05, 0) is 0 Å². The smallest absolute Gasteiger partial charge is 1.00 e. The molecule has 12 heavy (non-hydrogen) atoms. The molecule has 0 unspecified atom stereocenters. The van der Waals surface area contributed by atoms with Gasteiger partial charge in [-0.2, -0.15) is 0 Å². The summed E-state index contributed by atoms with van der Waals surface area (Å²) in [6.07, 6.45) is 5.95. The summed E-state index contributed by atoms with van der Waals surface area (Å²) < 4.78 is 1.53. The zero-order valence-corrected chi connectivity index (χ0v) is 11.7. The monoisotopic (exact) mass is 255 g/mol. The SMILES string of the molecule is C[Si](C)(C)C1=CC[C]([Ti+2])=C1.[Cl-].[Cl-]. The molecule has 0 aromatic carbocycles. The summed E-state index contributed by atoms with van der Waals surface area (Å²) in [5, 5.41) is 1.63. The van der Waals surface area contributed by atoms with Crippen molar-refractivity contribution in [2.45, 2.75) is 26.1 Å². The van der Waals surface area contributed by atoms with Crippen LogP contribution in [0.3, 0.4) is 0 Å². The maximum atomic E-state index is 2.40. The molecule has 0 saturated heterocycles. The minimum absolute atomic E-state index is 0. The Labute approximate surface area is 100 Å². The number of halogens is 2. The molecule has 1 rings (SSSR count). The molecule has 0 aromatic rings. The van der Waals surface area contributed by atoms with Gasteiger partial charge in [-0.25, -0.2) is 0 Å². The van der Waals surface area contributed by atoms with Gasteiger partial charge in [0, 0.05) is 0 Å². The van der Waals surface area contributed by atoms with E-state index in [1.165, 1.54) is 10.3 Å². The maximum Gasteiger partial charge on any atom is -1.00 e. The molecule has 0 amide bonds. The second-order valence-electron chi connectivity index (χ2n) is 3.78. The van der Waals surface area contributed by atoms with E-state index in [-0.39, 0.29) is 24.8 Å². The summed E-state index contributed by atoms with van der Waals surface area (Å²) in [7, 11) is -0.981. The van der Waals surface area contributed by atoms with Gasteiger partial charge in [0.2, 0.25) is 0 Å². The maximum absolute atomic E-state index is 2.40. The van der Waals surface area contributed by atoms with Gasteiger partial charge in [-0.15, -0.1) is 0 Å². The normalized spacial score (nSPS) is 15.8. The van der Waals surface area contributed by atoms with Gasteiger partial charge in [0.25, 0.3) is 0 Å². The Bertz CT molecular complexity index is 204. The molecule has 0 saturated carbocycles. The largest absolute Gasteiger partial charge is 1.00 e. The second kappa shape index (κ2) is 5.66. The van der Waals surface area contributed by atoms with E-state index in [1.807, 2.05) is 0 Å². The molecule has 0 heterocycles. The van der Waals surface area contributed by atoms with Gasteiger partial charge < -0.3 is 24.8 Å². The number of rotatable bonds is 1. The summed E-state index contributed by atoms with van der Waals surface area (Å²) in [6, 6.07) is 0. The molecular weight excluding hydrogens is 243 g/mol. The Hall–Kier alpha value is 0.991. The molecule has 0 atom stereocenters. The molecule has 1 aliphatic carbocycles. The van der Waals surface area contributed by atoms with Crippen molar-refractivity contribution in [1.29, 1.82) is 0 Å². The molecule has 67 valence electrons. The number of hydrogen-bond acceptors (Lipinski definition) is 0. The zero-order valence-electron chi connectivity index (χ0n) is 7.62. The molecule has 1 aliphatic rings. The van der Waals surface area contributed by atoms with Crippen LogP contribution in [0.2, 0.25) is 19.6 Å². The van der Waals surface area contributed by atoms with E-state index in [0.717, 1.165) is 0 Å². The van der Waals surface area contributed by atoms with E-state index in [4.69, 9.17) is 0 Å². The van der Waals surface area contributed by atoms with Crippen molar-refractivity contribution in [2.75, 3.05) is 0 Å². The number of allylic oxidation sites excluding steroid dienone is 4. The molecule has 0 fully saturated rings. The molecule has 0 nitrogen and oxygen atoms in total. The topological polar surface area (TPSA) is 0 Å². The van der Waals surface area contributed by atoms with Crippen molar-refractivity contribution in [3.63, 3.8) is 0 Å². The van der Waals surface area contributed by atoms with Gasteiger partial charge in [-0.1, -0.05) is 0 Å². The third-order valence-corrected chi connectivity index (χ3v) is 4.36. The van der Waals surface area contributed by atoms with Crippen molar-refractivity contribution in [1.82, 2.24) is 0 Å². The van der Waals surface area contributed by atoms with Crippen molar-refractivity contribution in [3.05, 3.63) is 21.2 Å². The van der Waals surface area contributed by atoms with Crippen LogP contribution in [0.5, 0.6) is 0 Å². The van der Waals surface area contributed by atoms with Crippen molar-refractivity contribution < 1.29 is 45.2 Å². The second-order valence-corrected chi connectivity index (χ2v) is 9.86. The Morgan fingerprint density at radius 1 is 1.25 bits per heavy atom. The summed E-state index contributed by atoms with van der Waals surface area (Å²) in [5.41, 5.74) is 0. The van der Waals surface area contributed by atoms with E-state index >= 15 is 0 Å².